The zero-order chi connectivity index (χ0) is 9.14. The maximum Gasteiger partial charge on any atom is 0.335 e. The van der Waals surface area contributed by atoms with Gasteiger partial charge >= 0.3 is 5.97 Å². The Kier molecular flexibility index (Phi) is 2.71. The molecule has 2 nitrogen and oxygen atoms in total. The summed E-state index contributed by atoms with van der Waals surface area (Å²) in [6, 6.07) is 4.81. The number of aromatic carboxylic acids is 1. The molecule has 0 amide bonds. The highest BCUT2D eigenvalue weighted by Crippen LogP contribution is 2.11. The third kappa shape index (κ3) is 1.98. The van der Waals surface area contributed by atoms with Gasteiger partial charge in [-0.05, 0) is 40.8 Å². The molecule has 0 unspecified atom stereocenters. The van der Waals surface area contributed by atoms with E-state index in [9.17, 15) is 4.79 Å². The molecule has 0 radical (unpaired) electrons. The molecule has 0 saturated carbocycles. The number of carboxylic acid groups (broad SMARTS) is 1. The van der Waals surface area contributed by atoms with Gasteiger partial charge in [-0.3, -0.25) is 0 Å². The number of rotatable bonds is 1. The second-order valence-electron chi connectivity index (χ2n) is 2.18. The van der Waals surface area contributed by atoms with E-state index < -0.39 is 5.97 Å². The second-order valence-corrected chi connectivity index (χ2v) is 3.42. The summed E-state index contributed by atoms with van der Waals surface area (Å²) >= 11 is 2.03. The molecule has 60 valence electrons. The van der Waals surface area contributed by atoms with Crippen LogP contribution in [-0.2, 0) is 0 Å². The molecule has 0 aliphatic rings. The number of halogens is 1. The second kappa shape index (κ2) is 3.59. The summed E-state index contributed by atoms with van der Waals surface area (Å²) < 4.78 is 0.834. The van der Waals surface area contributed by atoms with Crippen molar-refractivity contribution in [2.45, 2.75) is 0 Å². The van der Waals surface area contributed by atoms with Crippen molar-refractivity contribution in [1.29, 1.82) is 0 Å². The van der Waals surface area contributed by atoms with Crippen molar-refractivity contribution < 1.29 is 9.90 Å². The largest absolute Gasteiger partial charge is 0.478 e. The Labute approximate surface area is 83.7 Å². The zero-order valence-electron chi connectivity index (χ0n) is 6.04. The van der Waals surface area contributed by atoms with E-state index in [1.807, 2.05) is 22.6 Å². The van der Waals surface area contributed by atoms with E-state index in [2.05, 4.69) is 5.92 Å². The smallest absolute Gasteiger partial charge is 0.335 e. The fraction of sp³-hybridized carbons (Fsp3) is 0. The van der Waals surface area contributed by atoms with Crippen LogP contribution in [-0.4, -0.2) is 11.1 Å². The third-order valence-corrected chi connectivity index (χ3v) is 1.93. The van der Waals surface area contributed by atoms with Crippen LogP contribution in [0.15, 0.2) is 18.2 Å². The van der Waals surface area contributed by atoms with Crippen molar-refractivity contribution in [1.82, 2.24) is 0 Å². The molecule has 0 aromatic heterocycles. The maximum atomic E-state index is 10.5. The lowest BCUT2D eigenvalue weighted by atomic mass is 10.1. The Morgan fingerprint density at radius 3 is 2.67 bits per heavy atom. The minimum atomic E-state index is -0.954. The van der Waals surface area contributed by atoms with Crippen LogP contribution in [0.4, 0.5) is 0 Å². The van der Waals surface area contributed by atoms with Gasteiger partial charge in [-0.1, -0.05) is 5.92 Å². The summed E-state index contributed by atoms with van der Waals surface area (Å²) in [5.74, 6) is 1.44. The van der Waals surface area contributed by atoms with Crippen LogP contribution >= 0.6 is 22.6 Å². The number of benzene rings is 1. The molecule has 0 atom stereocenters. The lowest BCUT2D eigenvalue weighted by molar-refractivity contribution is 0.0697. The van der Waals surface area contributed by atoms with Gasteiger partial charge in [0, 0.05) is 9.13 Å². The normalized spacial score (nSPS) is 9.00. The van der Waals surface area contributed by atoms with Crippen LogP contribution in [0.2, 0.25) is 0 Å². The fourth-order valence-electron chi connectivity index (χ4n) is 0.796. The minimum Gasteiger partial charge on any atom is -0.478 e. The van der Waals surface area contributed by atoms with E-state index in [0.29, 0.717) is 5.56 Å². The quantitative estimate of drug-likeness (QED) is 0.627. The van der Waals surface area contributed by atoms with Crippen LogP contribution in [0.1, 0.15) is 15.9 Å². The standard InChI is InChI=1S/C9H5IO2/c1-2-6-3-7(9(11)12)5-8(10)4-6/h1,3-5H,(H,11,12). The lowest BCUT2D eigenvalue weighted by Crippen LogP contribution is -1.97. The van der Waals surface area contributed by atoms with Crippen LogP contribution in [0.3, 0.4) is 0 Å². The van der Waals surface area contributed by atoms with Gasteiger partial charge in [0.2, 0.25) is 0 Å². The molecule has 1 rings (SSSR count). The van der Waals surface area contributed by atoms with Gasteiger partial charge in [0.15, 0.2) is 0 Å². The van der Waals surface area contributed by atoms with Crippen molar-refractivity contribution in [3.63, 3.8) is 0 Å². The molecule has 3 heteroatoms. The van der Waals surface area contributed by atoms with E-state index >= 15 is 0 Å². The summed E-state index contributed by atoms with van der Waals surface area (Å²) in [7, 11) is 0. The van der Waals surface area contributed by atoms with Crippen molar-refractivity contribution in [3.05, 3.63) is 32.9 Å². The van der Waals surface area contributed by atoms with Gasteiger partial charge in [-0.2, -0.15) is 0 Å². The van der Waals surface area contributed by atoms with Gasteiger partial charge in [0.05, 0.1) is 5.56 Å². The van der Waals surface area contributed by atoms with Crippen molar-refractivity contribution in [2.75, 3.05) is 0 Å². The molecule has 0 aliphatic carbocycles. The summed E-state index contributed by atoms with van der Waals surface area (Å²) in [5, 5.41) is 8.66. The first-order chi connectivity index (χ1) is 5.63. The number of carboxylic acids is 1. The van der Waals surface area contributed by atoms with Crippen LogP contribution in [0.5, 0.6) is 0 Å². The Hall–Kier alpha value is -1.02. The molecule has 0 heterocycles. The lowest BCUT2D eigenvalue weighted by Gasteiger charge is -1.97. The molecule has 12 heavy (non-hydrogen) atoms. The first-order valence-electron chi connectivity index (χ1n) is 3.14. The molecular weight excluding hydrogens is 267 g/mol. The molecule has 1 N–H and O–H groups in total. The summed E-state index contributed by atoms with van der Waals surface area (Å²) in [5.41, 5.74) is 0.828. The molecule has 1 aromatic carbocycles. The average molecular weight is 272 g/mol. The average Bonchev–Trinajstić information content (AvgIpc) is 2.03. The molecule has 0 bridgehead atoms. The van der Waals surface area contributed by atoms with Crippen LogP contribution in [0.25, 0.3) is 0 Å². The minimum absolute atomic E-state index is 0.231. The molecule has 0 aliphatic heterocycles. The monoisotopic (exact) mass is 272 g/mol. The Balaban J connectivity index is 3.26. The van der Waals surface area contributed by atoms with Crippen molar-refractivity contribution >= 4 is 28.6 Å². The first-order valence-corrected chi connectivity index (χ1v) is 4.22. The molecule has 0 fully saturated rings. The molecule has 1 aromatic rings. The number of hydrogen-bond acceptors (Lipinski definition) is 1. The highest BCUT2D eigenvalue weighted by molar-refractivity contribution is 14.1. The Bertz CT molecular complexity index is 363. The maximum absolute atomic E-state index is 10.5. The van der Waals surface area contributed by atoms with Gasteiger partial charge in [0.1, 0.15) is 0 Å². The first kappa shape index (κ1) is 9.07. The van der Waals surface area contributed by atoms with E-state index in [1.54, 1.807) is 12.1 Å². The zero-order valence-corrected chi connectivity index (χ0v) is 8.20. The van der Waals surface area contributed by atoms with Gasteiger partial charge in [-0.25, -0.2) is 4.79 Å². The van der Waals surface area contributed by atoms with Gasteiger partial charge < -0.3 is 5.11 Å². The van der Waals surface area contributed by atoms with Gasteiger partial charge in [0.25, 0.3) is 0 Å². The molecule has 0 saturated heterocycles. The van der Waals surface area contributed by atoms with Crippen LogP contribution in [0, 0.1) is 15.9 Å². The summed E-state index contributed by atoms with van der Waals surface area (Å²) in [6.45, 7) is 0. The van der Waals surface area contributed by atoms with Crippen molar-refractivity contribution in [2.24, 2.45) is 0 Å². The van der Waals surface area contributed by atoms with E-state index in [-0.39, 0.29) is 5.56 Å². The van der Waals surface area contributed by atoms with Gasteiger partial charge in [-0.15, -0.1) is 6.42 Å². The topological polar surface area (TPSA) is 37.3 Å². The van der Waals surface area contributed by atoms with E-state index in [1.165, 1.54) is 6.07 Å². The Morgan fingerprint density at radius 1 is 1.50 bits per heavy atom. The Morgan fingerprint density at radius 2 is 2.17 bits per heavy atom. The third-order valence-electron chi connectivity index (χ3n) is 1.31. The van der Waals surface area contributed by atoms with Crippen LogP contribution < -0.4 is 0 Å². The summed E-state index contributed by atoms with van der Waals surface area (Å²) in [4.78, 5) is 10.5. The molecular formula is C9H5IO2. The van der Waals surface area contributed by atoms with E-state index in [4.69, 9.17) is 11.5 Å². The highest BCUT2D eigenvalue weighted by Gasteiger charge is 2.03. The number of terminal acetylenes is 1. The highest BCUT2D eigenvalue weighted by atomic mass is 127. The summed E-state index contributed by atoms with van der Waals surface area (Å²) in [6.07, 6.45) is 5.14. The predicted molar refractivity (Wildman–Crippen MR) is 54.1 cm³/mol. The molecule has 0 spiro atoms. The number of hydrogen-bond donors (Lipinski definition) is 1. The fourth-order valence-corrected chi connectivity index (χ4v) is 1.47. The van der Waals surface area contributed by atoms with Crippen molar-refractivity contribution in [3.8, 4) is 12.3 Å². The SMILES string of the molecule is C#Cc1cc(I)cc(C(=O)O)c1. The number of carbonyl (C=O) groups is 1. The predicted octanol–water partition coefficient (Wildman–Crippen LogP) is 1.97. The van der Waals surface area contributed by atoms with E-state index in [0.717, 1.165) is 3.57 Å².